The number of rotatable bonds is 5. The summed E-state index contributed by atoms with van der Waals surface area (Å²) in [7, 11) is 0. The van der Waals surface area contributed by atoms with E-state index in [9.17, 15) is 0 Å². The predicted molar refractivity (Wildman–Crippen MR) is 210 cm³/mol. The minimum absolute atomic E-state index is 0.239. The van der Waals surface area contributed by atoms with Gasteiger partial charge in [-0.2, -0.15) is 0 Å². The van der Waals surface area contributed by atoms with E-state index in [1.807, 2.05) is 0 Å². The maximum Gasteiger partial charge on any atom is 0.0629 e. The molecule has 2 heteroatoms. The van der Waals surface area contributed by atoms with Crippen LogP contribution in [0.15, 0.2) is 194 Å². The van der Waals surface area contributed by atoms with E-state index in [0.29, 0.717) is 0 Å². The van der Waals surface area contributed by atoms with Crippen LogP contribution < -0.4 is 4.90 Å². The molecule has 2 nitrogen and oxygen atoms in total. The minimum atomic E-state index is 0.239. The van der Waals surface area contributed by atoms with Gasteiger partial charge >= 0.3 is 0 Å². The fraction of sp³-hybridized carbons (Fsp3) is 0.0417. The molecule has 2 aliphatic rings. The molecule has 2 heterocycles. The summed E-state index contributed by atoms with van der Waals surface area (Å²) in [5.41, 5.74) is 14.9. The fourth-order valence-corrected chi connectivity index (χ4v) is 8.17. The lowest BCUT2D eigenvalue weighted by atomic mass is 9.89. The van der Waals surface area contributed by atoms with Gasteiger partial charge in [-0.15, -0.1) is 0 Å². The fourth-order valence-electron chi connectivity index (χ4n) is 8.17. The zero-order chi connectivity index (χ0) is 33.0. The second-order valence-corrected chi connectivity index (χ2v) is 13.3. The van der Waals surface area contributed by atoms with E-state index in [0.717, 1.165) is 0 Å². The Morgan fingerprint density at radius 1 is 0.380 bits per heavy atom. The number of nitrogens with zero attached hydrogens (tertiary/aromatic N) is 2. The molecule has 7 aromatic carbocycles. The molecule has 1 aromatic heterocycles. The van der Waals surface area contributed by atoms with Gasteiger partial charge in [0.1, 0.15) is 0 Å². The van der Waals surface area contributed by atoms with Crippen LogP contribution in [0.2, 0.25) is 0 Å². The number of benzene rings is 7. The van der Waals surface area contributed by atoms with Gasteiger partial charge in [-0.1, -0.05) is 140 Å². The second kappa shape index (κ2) is 11.6. The number of allylic oxidation sites excluding steroid dienone is 2. The third-order valence-corrected chi connectivity index (χ3v) is 10.5. The summed E-state index contributed by atoms with van der Waals surface area (Å²) in [5.74, 6) is 0.290. The topological polar surface area (TPSA) is 8.17 Å². The van der Waals surface area contributed by atoms with Gasteiger partial charge in [-0.25, -0.2) is 0 Å². The quantitative estimate of drug-likeness (QED) is 0.182. The maximum atomic E-state index is 2.52. The van der Waals surface area contributed by atoms with E-state index >= 15 is 0 Å². The van der Waals surface area contributed by atoms with E-state index in [2.05, 4.69) is 204 Å². The highest BCUT2D eigenvalue weighted by atomic mass is 15.2. The molecule has 0 N–H and O–H groups in total. The van der Waals surface area contributed by atoms with Gasteiger partial charge in [0.25, 0.3) is 0 Å². The third kappa shape index (κ3) is 4.64. The molecule has 0 amide bonds. The molecule has 0 spiro atoms. The first kappa shape index (κ1) is 28.6. The van der Waals surface area contributed by atoms with E-state index < -0.39 is 0 Å². The Labute approximate surface area is 292 Å². The smallest absolute Gasteiger partial charge is 0.0629 e. The van der Waals surface area contributed by atoms with Crippen LogP contribution in [-0.4, -0.2) is 10.6 Å². The Morgan fingerprint density at radius 3 is 1.74 bits per heavy atom. The first-order valence-corrected chi connectivity index (χ1v) is 17.4. The van der Waals surface area contributed by atoms with Crippen molar-refractivity contribution < 1.29 is 0 Å². The highest BCUT2D eigenvalue weighted by molar-refractivity contribution is 6.10. The average molecular weight is 639 g/mol. The molecule has 10 rings (SSSR count). The molecule has 0 fully saturated rings. The van der Waals surface area contributed by atoms with Crippen LogP contribution in [0.25, 0.3) is 60.9 Å². The number of fused-ring (bicyclic) bond motifs is 6. The van der Waals surface area contributed by atoms with Crippen molar-refractivity contribution in [2.45, 2.75) is 12.0 Å². The second-order valence-electron chi connectivity index (χ2n) is 13.3. The molecule has 1 aliphatic heterocycles. The summed E-state index contributed by atoms with van der Waals surface area (Å²) >= 11 is 0. The van der Waals surface area contributed by atoms with Gasteiger partial charge in [0.2, 0.25) is 0 Å². The Kier molecular flexibility index (Phi) is 6.67. The summed E-state index contributed by atoms with van der Waals surface area (Å²) < 4.78 is 2.41. The summed E-state index contributed by atoms with van der Waals surface area (Å²) in [6, 6.07) is 62.3. The van der Waals surface area contributed by atoms with Crippen LogP contribution in [0.4, 0.5) is 11.4 Å². The molecule has 50 heavy (non-hydrogen) atoms. The first-order chi connectivity index (χ1) is 24.8. The lowest BCUT2D eigenvalue weighted by Crippen LogP contribution is -2.28. The van der Waals surface area contributed by atoms with E-state index in [1.54, 1.807) is 0 Å². The van der Waals surface area contributed by atoms with Gasteiger partial charge in [-0.3, -0.25) is 0 Å². The summed E-state index contributed by atoms with van der Waals surface area (Å²) in [6.07, 6.45) is 9.12. The summed E-state index contributed by atoms with van der Waals surface area (Å²) in [4.78, 5) is 2.52. The minimum Gasteiger partial charge on any atom is -0.333 e. The van der Waals surface area contributed by atoms with E-state index in [-0.39, 0.29) is 12.0 Å². The monoisotopic (exact) mass is 638 g/mol. The van der Waals surface area contributed by atoms with Crippen LogP contribution >= 0.6 is 0 Å². The SMILES string of the molecule is C1=CC2c3cc(-c4ccc5c(c4)c4ccccc4n5-c4cccc(-c5ccccc5)c4)ccc3N(c3cccc(-c4ccccc4)c3)C2C=C1. The van der Waals surface area contributed by atoms with Crippen LogP contribution in [0.5, 0.6) is 0 Å². The van der Waals surface area contributed by atoms with Crippen molar-refractivity contribution in [1.82, 2.24) is 4.57 Å². The molecular formula is C48H34N2. The summed E-state index contributed by atoms with van der Waals surface area (Å²) in [5, 5.41) is 2.53. The van der Waals surface area contributed by atoms with Crippen LogP contribution in [-0.2, 0) is 0 Å². The van der Waals surface area contributed by atoms with Gasteiger partial charge < -0.3 is 9.47 Å². The van der Waals surface area contributed by atoms with Gasteiger partial charge in [0.05, 0.1) is 17.1 Å². The van der Waals surface area contributed by atoms with Crippen molar-refractivity contribution in [3.8, 4) is 39.1 Å². The van der Waals surface area contributed by atoms with Gasteiger partial charge in [0, 0.05) is 33.8 Å². The zero-order valence-corrected chi connectivity index (χ0v) is 27.5. The van der Waals surface area contributed by atoms with E-state index in [1.165, 1.54) is 77.8 Å². The van der Waals surface area contributed by atoms with Gasteiger partial charge in [-0.05, 0) is 93.5 Å². The lowest BCUT2D eigenvalue weighted by molar-refractivity contribution is 0.745. The Bertz CT molecular complexity index is 2610. The molecule has 236 valence electrons. The standard InChI is InChI=1S/C48H34N2/c1-3-13-33(14-4-1)35-17-11-19-39(29-35)49-45-23-9-7-21-41(45)43-31-37(25-27-47(43)49)38-26-28-48-44(32-38)42-22-8-10-24-46(42)50(48)40-20-12-18-36(30-40)34-15-5-2-6-16-34/h1-32,41,45H. The zero-order valence-electron chi connectivity index (χ0n) is 27.5. The third-order valence-electron chi connectivity index (χ3n) is 10.5. The highest BCUT2D eigenvalue weighted by Crippen LogP contribution is 2.49. The normalized spacial score (nSPS) is 16.2. The number of hydrogen-bond donors (Lipinski definition) is 0. The van der Waals surface area contributed by atoms with Crippen molar-refractivity contribution in [2.24, 2.45) is 0 Å². The summed E-state index contributed by atoms with van der Waals surface area (Å²) in [6.45, 7) is 0. The van der Waals surface area contributed by atoms with Crippen LogP contribution in [0.1, 0.15) is 11.5 Å². The highest BCUT2D eigenvalue weighted by Gasteiger charge is 2.37. The van der Waals surface area contributed by atoms with Crippen molar-refractivity contribution >= 4 is 33.2 Å². The molecule has 8 aromatic rings. The van der Waals surface area contributed by atoms with E-state index in [4.69, 9.17) is 0 Å². The number of hydrogen-bond acceptors (Lipinski definition) is 1. The molecule has 2 atom stereocenters. The number of aromatic nitrogens is 1. The Morgan fingerprint density at radius 2 is 0.960 bits per heavy atom. The number of anilines is 2. The van der Waals surface area contributed by atoms with Crippen molar-refractivity contribution in [3.05, 3.63) is 200 Å². The molecular weight excluding hydrogens is 605 g/mol. The largest absolute Gasteiger partial charge is 0.333 e. The molecule has 2 unspecified atom stereocenters. The lowest BCUT2D eigenvalue weighted by Gasteiger charge is -2.29. The maximum absolute atomic E-state index is 2.52. The van der Waals surface area contributed by atoms with Crippen LogP contribution in [0.3, 0.4) is 0 Å². The van der Waals surface area contributed by atoms with Crippen molar-refractivity contribution in [2.75, 3.05) is 4.90 Å². The van der Waals surface area contributed by atoms with Crippen molar-refractivity contribution in [3.63, 3.8) is 0 Å². The Balaban J connectivity index is 1.07. The molecule has 0 saturated carbocycles. The van der Waals surface area contributed by atoms with Gasteiger partial charge in [0.15, 0.2) is 0 Å². The predicted octanol–water partition coefficient (Wildman–Crippen LogP) is 12.5. The number of para-hydroxylation sites is 1. The molecule has 1 aliphatic carbocycles. The Hall–Kier alpha value is -6.38. The molecule has 0 bridgehead atoms. The first-order valence-electron chi connectivity index (χ1n) is 17.4. The average Bonchev–Trinajstić information content (AvgIpc) is 3.71. The van der Waals surface area contributed by atoms with Crippen LogP contribution in [0, 0.1) is 0 Å². The molecule has 0 radical (unpaired) electrons. The molecule has 0 saturated heterocycles. The van der Waals surface area contributed by atoms with Crippen molar-refractivity contribution in [1.29, 1.82) is 0 Å².